The van der Waals surface area contributed by atoms with Gasteiger partial charge in [-0.1, -0.05) is 0 Å². The summed E-state index contributed by atoms with van der Waals surface area (Å²) >= 11 is 1.26. The van der Waals surface area contributed by atoms with Crippen LogP contribution in [-0.4, -0.2) is 32.3 Å². The third-order valence-corrected chi connectivity index (χ3v) is 5.96. The fourth-order valence-electron chi connectivity index (χ4n) is 2.12. The molecule has 2 atom stereocenters. The van der Waals surface area contributed by atoms with Crippen molar-refractivity contribution in [1.29, 1.82) is 0 Å². The summed E-state index contributed by atoms with van der Waals surface area (Å²) in [5, 5.41) is 0. The lowest BCUT2D eigenvalue weighted by molar-refractivity contribution is 0.587. The van der Waals surface area contributed by atoms with E-state index in [9.17, 15) is 8.60 Å². The first-order valence-electron chi connectivity index (χ1n) is 6.42. The number of anilines is 1. The molecule has 0 aliphatic carbocycles. The van der Waals surface area contributed by atoms with E-state index in [1.54, 1.807) is 25.4 Å². The molecule has 0 saturated carbocycles. The van der Waals surface area contributed by atoms with Gasteiger partial charge in [-0.15, -0.1) is 11.3 Å². The van der Waals surface area contributed by atoms with E-state index in [2.05, 4.69) is 9.98 Å². The van der Waals surface area contributed by atoms with Crippen LogP contribution in [0.4, 0.5) is 10.2 Å². The van der Waals surface area contributed by atoms with Crippen molar-refractivity contribution in [3.63, 3.8) is 0 Å². The van der Waals surface area contributed by atoms with Gasteiger partial charge in [-0.25, -0.2) is 18.6 Å². The predicted octanol–water partition coefficient (Wildman–Crippen LogP) is 1.50. The van der Waals surface area contributed by atoms with E-state index in [4.69, 9.17) is 11.5 Å². The van der Waals surface area contributed by atoms with Crippen molar-refractivity contribution in [2.75, 3.05) is 18.5 Å². The minimum absolute atomic E-state index is 0.150. The van der Waals surface area contributed by atoms with Gasteiger partial charge in [0.1, 0.15) is 28.7 Å². The van der Waals surface area contributed by atoms with E-state index in [0.29, 0.717) is 10.7 Å². The lowest BCUT2D eigenvalue weighted by atomic mass is 10.2. The van der Waals surface area contributed by atoms with Crippen LogP contribution in [0.15, 0.2) is 29.4 Å². The number of aliphatic imine (C=N–C) groups is 1. The number of halogens is 1. The molecule has 3 rings (SSSR count). The first-order valence-corrected chi connectivity index (χ1v) is 8.51. The van der Waals surface area contributed by atoms with Gasteiger partial charge in [0.05, 0.1) is 10.6 Å². The average Bonchev–Trinajstić information content (AvgIpc) is 2.86. The van der Waals surface area contributed by atoms with Gasteiger partial charge in [0.2, 0.25) is 5.96 Å². The Morgan fingerprint density at radius 3 is 2.91 bits per heavy atom. The summed E-state index contributed by atoms with van der Waals surface area (Å²) in [6.07, 6.45) is 1.57. The number of rotatable bonds is 2. The van der Waals surface area contributed by atoms with Gasteiger partial charge < -0.3 is 11.5 Å². The Morgan fingerprint density at radius 1 is 1.45 bits per heavy atom. The number of nitrogens with zero attached hydrogens (tertiary/aromatic N) is 3. The van der Waals surface area contributed by atoms with Crippen LogP contribution in [0, 0.1) is 5.82 Å². The van der Waals surface area contributed by atoms with Crippen LogP contribution in [0.25, 0.3) is 10.4 Å². The number of nitrogen functional groups attached to an aromatic ring is 1. The van der Waals surface area contributed by atoms with Crippen LogP contribution in [-0.2, 0) is 11.0 Å². The SMILES string of the molecule is CN1C(N)=NC(c2sc(-c3ccnc(N)c3)cc2F)CS1=O. The Kier molecular flexibility index (Phi) is 3.83. The Morgan fingerprint density at radius 2 is 2.23 bits per heavy atom. The minimum Gasteiger partial charge on any atom is -0.384 e. The molecule has 0 spiro atoms. The Hall–Kier alpha value is -2.00. The summed E-state index contributed by atoms with van der Waals surface area (Å²) in [6.45, 7) is 0. The molecular formula is C13H14FN5OS2. The second-order valence-corrected chi connectivity index (χ2v) is 7.39. The molecule has 0 amide bonds. The van der Waals surface area contributed by atoms with Gasteiger partial charge in [0.15, 0.2) is 0 Å². The zero-order valence-corrected chi connectivity index (χ0v) is 13.3. The fourth-order valence-corrected chi connectivity index (χ4v) is 4.29. The highest BCUT2D eigenvalue weighted by Gasteiger charge is 2.28. The number of hydrogen-bond donors (Lipinski definition) is 2. The van der Waals surface area contributed by atoms with Crippen molar-refractivity contribution in [2.45, 2.75) is 6.04 Å². The van der Waals surface area contributed by atoms with Crippen LogP contribution in [0.3, 0.4) is 0 Å². The molecule has 0 saturated heterocycles. The Balaban J connectivity index is 1.98. The van der Waals surface area contributed by atoms with Crippen molar-refractivity contribution in [1.82, 2.24) is 9.29 Å². The lowest BCUT2D eigenvalue weighted by Crippen LogP contribution is -2.41. The molecule has 4 N–H and O–H groups in total. The van der Waals surface area contributed by atoms with E-state index in [0.717, 1.165) is 10.4 Å². The largest absolute Gasteiger partial charge is 0.384 e. The van der Waals surface area contributed by atoms with Crippen molar-refractivity contribution in [3.05, 3.63) is 35.1 Å². The van der Waals surface area contributed by atoms with Crippen LogP contribution < -0.4 is 11.5 Å². The molecule has 2 aromatic heterocycles. The molecule has 0 radical (unpaired) electrons. The maximum Gasteiger partial charge on any atom is 0.203 e. The molecule has 0 fully saturated rings. The first kappa shape index (κ1) is 14.9. The van der Waals surface area contributed by atoms with Crippen LogP contribution in [0.2, 0.25) is 0 Å². The summed E-state index contributed by atoms with van der Waals surface area (Å²) < 4.78 is 27.6. The number of hydrogen-bond acceptors (Lipinski definition) is 6. The van der Waals surface area contributed by atoms with Gasteiger partial charge in [-0.3, -0.25) is 4.31 Å². The summed E-state index contributed by atoms with van der Waals surface area (Å²) in [4.78, 5) is 9.30. The number of guanidine groups is 1. The van der Waals surface area contributed by atoms with Crippen molar-refractivity contribution < 1.29 is 8.60 Å². The smallest absolute Gasteiger partial charge is 0.203 e. The number of pyridine rings is 1. The minimum atomic E-state index is -1.31. The third kappa shape index (κ3) is 2.69. The summed E-state index contributed by atoms with van der Waals surface area (Å²) in [6, 6.07) is 4.34. The van der Waals surface area contributed by atoms with Gasteiger partial charge in [-0.2, -0.15) is 0 Å². The maximum absolute atomic E-state index is 14.3. The summed E-state index contributed by atoms with van der Waals surface area (Å²) in [7, 11) is 0.293. The molecule has 116 valence electrons. The normalized spacial score (nSPS) is 21.7. The molecular weight excluding hydrogens is 325 g/mol. The van der Waals surface area contributed by atoms with Gasteiger partial charge in [0, 0.05) is 18.1 Å². The number of thiophene rings is 1. The molecule has 0 bridgehead atoms. The van der Waals surface area contributed by atoms with Crippen molar-refractivity contribution in [3.8, 4) is 10.4 Å². The highest BCUT2D eigenvalue weighted by atomic mass is 32.2. The van der Waals surface area contributed by atoms with Crippen LogP contribution in [0.5, 0.6) is 0 Å². The molecule has 3 heterocycles. The van der Waals surface area contributed by atoms with Crippen LogP contribution in [0.1, 0.15) is 10.9 Å². The predicted molar refractivity (Wildman–Crippen MR) is 87.1 cm³/mol. The Labute approximate surface area is 133 Å². The van der Waals surface area contributed by atoms with E-state index in [1.807, 2.05) is 0 Å². The molecule has 2 aromatic rings. The Bertz CT molecular complexity index is 776. The van der Waals surface area contributed by atoms with Crippen LogP contribution >= 0.6 is 11.3 Å². The van der Waals surface area contributed by atoms with E-state index < -0.39 is 17.0 Å². The number of aromatic nitrogens is 1. The fraction of sp³-hybridized carbons (Fsp3) is 0.231. The standard InChI is InChI=1S/C13H14FN5OS2/c1-19-13(16)18-9(6-22(19)20)12-8(14)5-10(21-12)7-2-3-17-11(15)4-7/h2-5,9H,6H2,1H3,(H2,15,17)(H2,16,18). The van der Waals surface area contributed by atoms with Gasteiger partial charge in [0.25, 0.3) is 0 Å². The zero-order chi connectivity index (χ0) is 15.9. The van der Waals surface area contributed by atoms with Crippen molar-refractivity contribution >= 4 is 34.1 Å². The molecule has 9 heteroatoms. The molecule has 22 heavy (non-hydrogen) atoms. The lowest BCUT2D eigenvalue weighted by Gasteiger charge is -2.25. The third-order valence-electron chi connectivity index (χ3n) is 3.30. The van der Waals surface area contributed by atoms with E-state index in [1.165, 1.54) is 21.7 Å². The topological polar surface area (TPSA) is 97.6 Å². The molecule has 0 aromatic carbocycles. The van der Waals surface area contributed by atoms with Gasteiger partial charge in [-0.05, 0) is 23.8 Å². The second-order valence-electron chi connectivity index (χ2n) is 4.78. The van der Waals surface area contributed by atoms with Gasteiger partial charge >= 0.3 is 0 Å². The van der Waals surface area contributed by atoms with Crippen molar-refractivity contribution in [2.24, 2.45) is 10.7 Å². The first-order chi connectivity index (χ1) is 10.5. The average molecular weight is 339 g/mol. The molecule has 1 aliphatic rings. The van der Waals surface area contributed by atoms with E-state index in [-0.39, 0.29) is 17.5 Å². The number of nitrogens with two attached hydrogens (primary N) is 2. The quantitative estimate of drug-likeness (QED) is 0.866. The maximum atomic E-state index is 14.3. The summed E-state index contributed by atoms with van der Waals surface area (Å²) in [5.41, 5.74) is 12.2. The molecule has 1 aliphatic heterocycles. The second kappa shape index (κ2) is 5.65. The molecule has 6 nitrogen and oxygen atoms in total. The summed E-state index contributed by atoms with van der Waals surface area (Å²) in [5.74, 6) is 0.359. The highest BCUT2D eigenvalue weighted by Crippen LogP contribution is 2.37. The van der Waals surface area contributed by atoms with E-state index >= 15 is 0 Å². The zero-order valence-electron chi connectivity index (χ0n) is 11.7. The molecule has 2 unspecified atom stereocenters. The monoisotopic (exact) mass is 339 g/mol. The highest BCUT2D eigenvalue weighted by molar-refractivity contribution is 7.83.